The van der Waals surface area contributed by atoms with Gasteiger partial charge in [-0.1, -0.05) is 65.0 Å². The quantitative estimate of drug-likeness (QED) is 0.227. The number of phenols is 1. The monoisotopic (exact) mass is 573 g/mol. The molecule has 1 saturated heterocycles. The molecule has 224 valence electrons. The topological polar surface area (TPSA) is 101 Å². The minimum absolute atomic E-state index is 0.166. The van der Waals surface area contributed by atoms with Crippen molar-refractivity contribution in [3.05, 3.63) is 71.9 Å². The fourth-order valence-corrected chi connectivity index (χ4v) is 4.65. The third-order valence-electron chi connectivity index (χ3n) is 7.06. The summed E-state index contributed by atoms with van der Waals surface area (Å²) in [4.78, 5) is 15.6. The van der Waals surface area contributed by atoms with Crippen LogP contribution in [0.2, 0.25) is 0 Å². The zero-order valence-corrected chi connectivity index (χ0v) is 25.5. The number of morpholine rings is 1. The van der Waals surface area contributed by atoms with Crippen molar-refractivity contribution in [3.63, 3.8) is 0 Å². The Kier molecular flexibility index (Phi) is 10.1. The maximum atomic E-state index is 13.3. The van der Waals surface area contributed by atoms with Crippen LogP contribution in [0.5, 0.6) is 11.5 Å². The van der Waals surface area contributed by atoms with Crippen LogP contribution in [0.4, 0.5) is 16.3 Å². The number of carbonyl (C=O) groups excluding carboxylic acids is 1. The van der Waals surface area contributed by atoms with E-state index in [-0.39, 0.29) is 11.2 Å². The van der Waals surface area contributed by atoms with Crippen LogP contribution in [0.3, 0.4) is 0 Å². The van der Waals surface area contributed by atoms with Crippen LogP contribution in [0.25, 0.3) is 16.5 Å². The van der Waals surface area contributed by atoms with Crippen molar-refractivity contribution in [2.75, 3.05) is 50.1 Å². The first-order chi connectivity index (χ1) is 20.2. The van der Waals surface area contributed by atoms with Crippen molar-refractivity contribution in [1.82, 2.24) is 14.7 Å². The normalized spacial score (nSPS) is 13.8. The summed E-state index contributed by atoms with van der Waals surface area (Å²) in [7, 11) is 0. The fourth-order valence-electron chi connectivity index (χ4n) is 4.65. The van der Waals surface area contributed by atoms with Gasteiger partial charge in [-0.2, -0.15) is 5.10 Å². The molecule has 1 aromatic heterocycles. The Balaban J connectivity index is 0.00000198. The molecule has 5 rings (SSSR count). The lowest BCUT2D eigenvalue weighted by Crippen LogP contribution is -2.38. The van der Waals surface area contributed by atoms with Crippen LogP contribution in [0, 0.1) is 6.92 Å². The van der Waals surface area contributed by atoms with Crippen molar-refractivity contribution in [2.24, 2.45) is 0 Å². The van der Waals surface area contributed by atoms with E-state index in [9.17, 15) is 9.90 Å². The molecule has 9 nitrogen and oxygen atoms in total. The summed E-state index contributed by atoms with van der Waals surface area (Å²) in [5.41, 5.74) is 2.66. The van der Waals surface area contributed by atoms with Crippen LogP contribution in [0.1, 0.15) is 45.9 Å². The van der Waals surface area contributed by atoms with E-state index < -0.39 is 6.03 Å². The molecule has 0 unspecified atom stereocenters. The number of anilines is 2. The Morgan fingerprint density at radius 2 is 1.71 bits per heavy atom. The van der Waals surface area contributed by atoms with E-state index in [1.807, 2.05) is 75.4 Å². The summed E-state index contributed by atoms with van der Waals surface area (Å²) in [5.74, 6) is 1.44. The first-order valence-electron chi connectivity index (χ1n) is 14.6. The van der Waals surface area contributed by atoms with Gasteiger partial charge in [0.2, 0.25) is 0 Å². The lowest BCUT2D eigenvalue weighted by molar-refractivity contribution is 0.0323. The minimum atomic E-state index is -0.399. The van der Waals surface area contributed by atoms with E-state index in [0.717, 1.165) is 60.6 Å². The van der Waals surface area contributed by atoms with E-state index in [1.165, 1.54) is 0 Å². The molecule has 1 aliphatic rings. The van der Waals surface area contributed by atoms with E-state index in [0.29, 0.717) is 23.8 Å². The summed E-state index contributed by atoms with van der Waals surface area (Å²) in [6, 6.07) is 18.4. The molecule has 1 aliphatic heterocycles. The van der Waals surface area contributed by atoms with Crippen molar-refractivity contribution < 1.29 is 19.4 Å². The lowest BCUT2D eigenvalue weighted by atomic mass is 9.92. The molecule has 3 N–H and O–H groups in total. The molecule has 4 aromatic rings. The molecule has 0 radical (unpaired) electrons. The minimum Gasteiger partial charge on any atom is -0.508 e. The van der Waals surface area contributed by atoms with Gasteiger partial charge in [0.15, 0.2) is 0 Å². The molecular formula is C33H43N5O4. The Morgan fingerprint density at radius 3 is 2.40 bits per heavy atom. The highest BCUT2D eigenvalue weighted by molar-refractivity contribution is 6.07. The molecular weight excluding hydrogens is 530 g/mol. The summed E-state index contributed by atoms with van der Waals surface area (Å²) in [5, 5.41) is 22.8. The number of aromatic hydroxyl groups is 1. The van der Waals surface area contributed by atoms with Crippen LogP contribution in [-0.2, 0) is 10.2 Å². The molecule has 0 spiro atoms. The first-order valence-corrected chi connectivity index (χ1v) is 14.6. The summed E-state index contributed by atoms with van der Waals surface area (Å²) < 4.78 is 13.2. The number of ether oxygens (including phenoxy) is 2. The molecule has 3 aromatic carbocycles. The number of aryl methyl sites for hydroxylation is 1. The average molecular weight is 574 g/mol. The third-order valence-corrected chi connectivity index (χ3v) is 7.06. The number of nitrogens with zero attached hydrogens (tertiary/aromatic N) is 3. The number of benzene rings is 3. The zero-order chi connectivity index (χ0) is 30.3. The molecule has 9 heteroatoms. The highest BCUT2D eigenvalue weighted by Gasteiger charge is 2.22. The van der Waals surface area contributed by atoms with Gasteiger partial charge in [0.05, 0.1) is 30.3 Å². The molecule has 0 atom stereocenters. The first kappa shape index (κ1) is 30.9. The Hall–Kier alpha value is -4.08. The van der Waals surface area contributed by atoms with Crippen LogP contribution in [0.15, 0.2) is 60.7 Å². The molecule has 0 aliphatic carbocycles. The van der Waals surface area contributed by atoms with Crippen LogP contribution < -0.4 is 15.4 Å². The van der Waals surface area contributed by atoms with Crippen molar-refractivity contribution >= 4 is 28.3 Å². The predicted molar refractivity (Wildman–Crippen MR) is 169 cm³/mol. The number of phenolic OH excluding ortho intramolecular Hbond substituents is 1. The fraction of sp³-hybridized carbons (Fsp3) is 0.394. The van der Waals surface area contributed by atoms with E-state index in [2.05, 4.69) is 36.3 Å². The number of nitrogens with one attached hydrogen (secondary N) is 2. The SMILES string of the molecule is CC.Cc1ccc(-n2nc(C(C)(C)C)cc2NC(=O)Nc2ccc(OCCN3CCOCC3)c3ccccc23)cc1O. The van der Waals surface area contributed by atoms with Crippen molar-refractivity contribution in [2.45, 2.75) is 47.0 Å². The Morgan fingerprint density at radius 1 is 1.00 bits per heavy atom. The molecule has 42 heavy (non-hydrogen) atoms. The molecule has 2 amide bonds. The number of hydrogen-bond donors (Lipinski definition) is 3. The number of urea groups is 1. The zero-order valence-electron chi connectivity index (χ0n) is 25.5. The second kappa shape index (κ2) is 13.7. The smallest absolute Gasteiger partial charge is 0.324 e. The number of fused-ring (bicyclic) bond motifs is 1. The highest BCUT2D eigenvalue weighted by Crippen LogP contribution is 2.32. The van der Waals surface area contributed by atoms with Gasteiger partial charge in [-0.3, -0.25) is 10.2 Å². The number of carbonyl (C=O) groups is 1. The van der Waals surface area contributed by atoms with Crippen molar-refractivity contribution in [3.8, 4) is 17.2 Å². The van der Waals surface area contributed by atoms with E-state index >= 15 is 0 Å². The predicted octanol–water partition coefficient (Wildman–Crippen LogP) is 6.72. The van der Waals surface area contributed by atoms with Gasteiger partial charge in [-0.25, -0.2) is 9.48 Å². The molecule has 1 fully saturated rings. The van der Waals surface area contributed by atoms with Gasteiger partial charge in [-0.05, 0) is 30.7 Å². The summed E-state index contributed by atoms with van der Waals surface area (Å²) in [6.07, 6.45) is 0. The molecule has 0 saturated carbocycles. The molecule has 2 heterocycles. The largest absolute Gasteiger partial charge is 0.508 e. The molecule has 0 bridgehead atoms. The van der Waals surface area contributed by atoms with Gasteiger partial charge in [0.1, 0.15) is 23.9 Å². The number of rotatable bonds is 7. The van der Waals surface area contributed by atoms with Crippen molar-refractivity contribution in [1.29, 1.82) is 0 Å². The lowest BCUT2D eigenvalue weighted by Gasteiger charge is -2.26. The standard InChI is InChI=1S/C31H37N5O4.C2H6/c1-21-9-10-22(19-26(21)37)36-29(20-28(34-36)31(2,3)4)33-30(38)32-25-11-12-27(24-8-6-5-7-23(24)25)40-18-15-35-13-16-39-17-14-35;1-2/h5-12,19-20,37H,13-18H2,1-4H3,(H2,32,33,38);1-2H3. The maximum absolute atomic E-state index is 13.3. The van der Waals surface area contributed by atoms with Gasteiger partial charge < -0.3 is 19.9 Å². The number of hydrogen-bond acceptors (Lipinski definition) is 6. The van der Waals surface area contributed by atoms with Gasteiger partial charge in [-0.15, -0.1) is 0 Å². The second-order valence-electron chi connectivity index (χ2n) is 11.1. The van der Waals surface area contributed by atoms with Gasteiger partial charge >= 0.3 is 6.03 Å². The number of aromatic nitrogens is 2. The van der Waals surface area contributed by atoms with Gasteiger partial charge in [0.25, 0.3) is 0 Å². The highest BCUT2D eigenvalue weighted by atomic mass is 16.5. The maximum Gasteiger partial charge on any atom is 0.324 e. The van der Waals surface area contributed by atoms with E-state index in [4.69, 9.17) is 14.6 Å². The van der Waals surface area contributed by atoms with Crippen LogP contribution in [-0.4, -0.2) is 65.3 Å². The van der Waals surface area contributed by atoms with Crippen LogP contribution >= 0.6 is 0 Å². The average Bonchev–Trinajstić information content (AvgIpc) is 3.41. The second-order valence-corrected chi connectivity index (χ2v) is 11.1. The van der Waals surface area contributed by atoms with E-state index in [1.54, 1.807) is 10.7 Å². The third kappa shape index (κ3) is 7.40. The Bertz CT molecular complexity index is 1500. The number of amides is 2. The summed E-state index contributed by atoms with van der Waals surface area (Å²) >= 11 is 0. The van der Waals surface area contributed by atoms with Gasteiger partial charge in [0, 0.05) is 48.0 Å². The summed E-state index contributed by atoms with van der Waals surface area (Å²) in [6.45, 7) is 16.8. The Labute approximate surface area is 248 Å².